The minimum atomic E-state index is -3.90. The van der Waals surface area contributed by atoms with Gasteiger partial charge in [-0.2, -0.15) is 0 Å². The van der Waals surface area contributed by atoms with Crippen molar-refractivity contribution >= 4 is 10.0 Å². The number of rotatable bonds is 2. The van der Waals surface area contributed by atoms with Crippen LogP contribution in [0.2, 0.25) is 0 Å². The normalized spacial score (nSPS) is 11.6. The van der Waals surface area contributed by atoms with E-state index in [9.17, 15) is 12.8 Å². The van der Waals surface area contributed by atoms with Gasteiger partial charge in [0.25, 0.3) is 10.0 Å². The second-order valence-electron chi connectivity index (χ2n) is 2.56. The fourth-order valence-corrected chi connectivity index (χ4v) is 1.67. The van der Waals surface area contributed by atoms with Crippen molar-refractivity contribution < 1.29 is 12.8 Å². The van der Waals surface area contributed by atoms with Gasteiger partial charge in [-0.3, -0.25) is 5.84 Å². The predicted octanol–water partition coefficient (Wildman–Crippen LogP) is 0.286. The third-order valence-electron chi connectivity index (χ3n) is 1.53. The van der Waals surface area contributed by atoms with Crippen LogP contribution in [0.5, 0.6) is 0 Å². The van der Waals surface area contributed by atoms with Gasteiger partial charge in [0, 0.05) is 0 Å². The molecule has 0 aliphatic carbocycles. The molecule has 1 aromatic rings. The number of nitrogens with one attached hydrogen (secondary N) is 1. The van der Waals surface area contributed by atoms with E-state index in [1.165, 1.54) is 12.1 Å². The standard InChI is InChI=1S/C7H9FN2O2S/c1-5-2-3-6(8)7(4-5)13(11,12)10-9/h2-4,10H,9H2,1H3. The van der Waals surface area contributed by atoms with Crippen LogP contribution in [-0.2, 0) is 10.0 Å². The first-order chi connectivity index (χ1) is 5.97. The van der Waals surface area contributed by atoms with Gasteiger partial charge in [0.2, 0.25) is 0 Å². The molecule has 1 rings (SSSR count). The van der Waals surface area contributed by atoms with Gasteiger partial charge in [-0.05, 0) is 24.6 Å². The van der Waals surface area contributed by atoms with E-state index < -0.39 is 20.7 Å². The molecule has 72 valence electrons. The Morgan fingerprint density at radius 3 is 2.62 bits per heavy atom. The van der Waals surface area contributed by atoms with E-state index in [1.54, 1.807) is 11.8 Å². The highest BCUT2D eigenvalue weighted by Gasteiger charge is 2.16. The number of hydrogen-bond donors (Lipinski definition) is 2. The molecule has 4 nitrogen and oxygen atoms in total. The van der Waals surface area contributed by atoms with E-state index in [0.29, 0.717) is 5.56 Å². The molecular weight excluding hydrogens is 195 g/mol. The number of hydrogen-bond acceptors (Lipinski definition) is 3. The lowest BCUT2D eigenvalue weighted by molar-refractivity contribution is 0.558. The Balaban J connectivity index is 3.38. The average molecular weight is 204 g/mol. The van der Waals surface area contributed by atoms with E-state index in [-0.39, 0.29) is 0 Å². The van der Waals surface area contributed by atoms with Gasteiger partial charge < -0.3 is 0 Å². The Labute approximate surface area is 75.6 Å². The lowest BCUT2D eigenvalue weighted by Gasteiger charge is -2.03. The second-order valence-corrected chi connectivity index (χ2v) is 4.24. The quantitative estimate of drug-likeness (QED) is 0.537. The van der Waals surface area contributed by atoms with E-state index in [0.717, 1.165) is 6.07 Å². The molecule has 0 amide bonds. The molecule has 13 heavy (non-hydrogen) atoms. The Morgan fingerprint density at radius 1 is 1.46 bits per heavy atom. The summed E-state index contributed by atoms with van der Waals surface area (Å²) in [5, 5.41) is 0. The fourth-order valence-electron chi connectivity index (χ4n) is 0.880. The highest BCUT2D eigenvalue weighted by Crippen LogP contribution is 2.14. The monoisotopic (exact) mass is 204 g/mol. The third-order valence-corrected chi connectivity index (χ3v) is 2.73. The topological polar surface area (TPSA) is 72.2 Å². The van der Waals surface area contributed by atoms with Gasteiger partial charge in [-0.15, -0.1) is 4.83 Å². The van der Waals surface area contributed by atoms with Crippen LogP contribution in [-0.4, -0.2) is 8.42 Å². The van der Waals surface area contributed by atoms with E-state index >= 15 is 0 Å². The summed E-state index contributed by atoms with van der Waals surface area (Å²) in [4.78, 5) is 1.12. The zero-order chi connectivity index (χ0) is 10.1. The molecule has 0 spiro atoms. The van der Waals surface area contributed by atoms with Gasteiger partial charge in [0.05, 0.1) is 0 Å². The van der Waals surface area contributed by atoms with Crippen LogP contribution in [0.3, 0.4) is 0 Å². The largest absolute Gasteiger partial charge is 0.257 e. The average Bonchev–Trinajstić information content (AvgIpc) is 2.09. The first-order valence-electron chi connectivity index (χ1n) is 3.46. The summed E-state index contributed by atoms with van der Waals surface area (Å²) < 4.78 is 35.2. The van der Waals surface area contributed by atoms with Gasteiger partial charge >= 0.3 is 0 Å². The number of aryl methyl sites for hydroxylation is 1. The number of benzene rings is 1. The molecule has 3 N–H and O–H groups in total. The van der Waals surface area contributed by atoms with Crippen LogP contribution in [0, 0.1) is 12.7 Å². The van der Waals surface area contributed by atoms with Crippen LogP contribution < -0.4 is 10.7 Å². The van der Waals surface area contributed by atoms with Crippen molar-refractivity contribution in [3.05, 3.63) is 29.6 Å². The van der Waals surface area contributed by atoms with Crippen molar-refractivity contribution in [2.24, 2.45) is 5.84 Å². The SMILES string of the molecule is Cc1ccc(F)c(S(=O)(=O)NN)c1. The first-order valence-corrected chi connectivity index (χ1v) is 4.94. The summed E-state index contributed by atoms with van der Waals surface area (Å²) in [7, 11) is -3.90. The number of sulfonamides is 1. The molecule has 0 unspecified atom stereocenters. The maximum atomic E-state index is 13.0. The molecular formula is C7H9FN2O2S. The van der Waals surface area contributed by atoms with Crippen LogP contribution in [0.1, 0.15) is 5.56 Å². The fraction of sp³-hybridized carbons (Fsp3) is 0.143. The molecule has 0 aliphatic heterocycles. The summed E-state index contributed by atoms with van der Waals surface area (Å²) in [5.41, 5.74) is 0.648. The molecule has 0 heterocycles. The maximum absolute atomic E-state index is 13.0. The number of halogens is 1. The van der Waals surface area contributed by atoms with E-state index in [2.05, 4.69) is 0 Å². The summed E-state index contributed by atoms with van der Waals surface area (Å²) in [5.74, 6) is 3.94. The summed E-state index contributed by atoms with van der Waals surface area (Å²) in [6, 6.07) is 3.77. The predicted molar refractivity (Wildman–Crippen MR) is 45.6 cm³/mol. The lowest BCUT2D eigenvalue weighted by Crippen LogP contribution is -2.30. The van der Waals surface area contributed by atoms with Gasteiger partial charge in [0.15, 0.2) is 0 Å². The summed E-state index contributed by atoms with van der Waals surface area (Å²) in [6.07, 6.45) is 0. The Bertz CT molecular complexity index is 417. The minimum absolute atomic E-state index is 0.435. The molecule has 0 aliphatic rings. The number of hydrazine groups is 1. The first kappa shape index (κ1) is 10.1. The highest BCUT2D eigenvalue weighted by atomic mass is 32.2. The van der Waals surface area contributed by atoms with Crippen molar-refractivity contribution in [3.63, 3.8) is 0 Å². The molecule has 0 fully saturated rings. The smallest absolute Gasteiger partial charge is 0.255 e. The summed E-state index contributed by atoms with van der Waals surface area (Å²) >= 11 is 0. The summed E-state index contributed by atoms with van der Waals surface area (Å²) in [6.45, 7) is 1.66. The molecule has 6 heteroatoms. The van der Waals surface area contributed by atoms with Crippen LogP contribution in [0.15, 0.2) is 23.1 Å². The van der Waals surface area contributed by atoms with Crippen molar-refractivity contribution in [1.29, 1.82) is 0 Å². The van der Waals surface area contributed by atoms with Gasteiger partial charge in [0.1, 0.15) is 10.7 Å². The molecule has 0 atom stereocenters. The van der Waals surface area contributed by atoms with Crippen LogP contribution in [0.4, 0.5) is 4.39 Å². The Hall–Kier alpha value is -0.980. The number of nitrogens with two attached hydrogens (primary N) is 1. The zero-order valence-corrected chi connectivity index (χ0v) is 7.73. The van der Waals surface area contributed by atoms with Gasteiger partial charge in [-0.1, -0.05) is 6.07 Å². The van der Waals surface area contributed by atoms with Crippen LogP contribution in [0.25, 0.3) is 0 Å². The third kappa shape index (κ3) is 2.03. The molecule has 0 aromatic heterocycles. The molecule has 0 saturated heterocycles. The lowest BCUT2D eigenvalue weighted by atomic mass is 10.2. The Kier molecular flexibility index (Phi) is 2.65. The van der Waals surface area contributed by atoms with Crippen molar-refractivity contribution in [3.8, 4) is 0 Å². The second kappa shape index (κ2) is 3.41. The Morgan fingerprint density at radius 2 is 2.08 bits per heavy atom. The zero-order valence-electron chi connectivity index (χ0n) is 6.91. The van der Waals surface area contributed by atoms with Gasteiger partial charge in [-0.25, -0.2) is 12.8 Å². The molecule has 1 aromatic carbocycles. The van der Waals surface area contributed by atoms with E-state index in [4.69, 9.17) is 5.84 Å². The van der Waals surface area contributed by atoms with Crippen molar-refractivity contribution in [2.75, 3.05) is 0 Å². The molecule has 0 bridgehead atoms. The van der Waals surface area contributed by atoms with Crippen LogP contribution >= 0.6 is 0 Å². The minimum Gasteiger partial charge on any atom is -0.257 e. The van der Waals surface area contributed by atoms with Crippen molar-refractivity contribution in [1.82, 2.24) is 4.83 Å². The van der Waals surface area contributed by atoms with E-state index in [1.807, 2.05) is 0 Å². The highest BCUT2D eigenvalue weighted by molar-refractivity contribution is 7.89. The van der Waals surface area contributed by atoms with Crippen molar-refractivity contribution in [2.45, 2.75) is 11.8 Å². The molecule has 0 radical (unpaired) electrons. The molecule has 0 saturated carbocycles. The maximum Gasteiger partial charge on any atom is 0.255 e.